The molecule has 0 spiro atoms. The minimum Gasteiger partial charge on any atom is -0.494 e. The van der Waals surface area contributed by atoms with Crippen molar-refractivity contribution in [2.45, 2.75) is 143 Å². The van der Waals surface area contributed by atoms with Crippen molar-refractivity contribution >= 4 is 0 Å². The van der Waals surface area contributed by atoms with E-state index in [4.69, 9.17) is 4.74 Å². The molecule has 8 heteroatoms. The van der Waals surface area contributed by atoms with Crippen molar-refractivity contribution < 1.29 is 4.74 Å². The number of unbranched alkanes of at least 4 members (excludes halogenated alkanes) is 9. The number of hydrogen-bond acceptors (Lipinski definition) is 8. The molecule has 0 heterocycles. The van der Waals surface area contributed by atoms with Crippen molar-refractivity contribution in [3.05, 3.63) is 29.3 Å². The van der Waals surface area contributed by atoms with E-state index in [2.05, 4.69) is 76.2 Å². The molecule has 0 saturated heterocycles. The van der Waals surface area contributed by atoms with Crippen LogP contribution in [0.2, 0.25) is 0 Å². The maximum Gasteiger partial charge on any atom is 0.119 e. The molecule has 7 N–H and O–H groups in total. The van der Waals surface area contributed by atoms with Gasteiger partial charge in [0.15, 0.2) is 0 Å². The lowest BCUT2D eigenvalue weighted by Crippen LogP contribution is -2.25. The van der Waals surface area contributed by atoms with Gasteiger partial charge >= 0.3 is 0 Å². The van der Waals surface area contributed by atoms with Crippen LogP contribution in [0.5, 0.6) is 5.75 Å². The van der Waals surface area contributed by atoms with Gasteiger partial charge < -0.3 is 42.0 Å². The zero-order chi connectivity index (χ0) is 35.1. The van der Waals surface area contributed by atoms with Crippen molar-refractivity contribution in [1.82, 2.24) is 37.2 Å². The van der Waals surface area contributed by atoms with Crippen LogP contribution in [-0.4, -0.2) is 85.1 Å². The predicted molar refractivity (Wildman–Crippen MR) is 215 cm³/mol. The molecular weight excluding hydrogens is 606 g/mol. The van der Waals surface area contributed by atoms with Crippen LogP contribution in [0.1, 0.15) is 141 Å². The molecule has 0 aliphatic heterocycles. The molecule has 8 nitrogen and oxygen atoms in total. The first-order valence-corrected chi connectivity index (χ1v) is 21.0. The van der Waals surface area contributed by atoms with Crippen LogP contribution in [0.3, 0.4) is 0 Å². The fraction of sp³-hybridized carbons (Fsp3) is 0.854. The van der Waals surface area contributed by atoms with Crippen molar-refractivity contribution in [2.75, 3.05) is 85.1 Å². The Balaban J connectivity index is 2.28. The van der Waals surface area contributed by atoms with E-state index in [1.165, 1.54) is 114 Å². The molecule has 1 aromatic rings. The second-order valence-electron chi connectivity index (χ2n) is 13.9. The highest BCUT2D eigenvalue weighted by molar-refractivity contribution is 5.34. The lowest BCUT2D eigenvalue weighted by molar-refractivity contribution is 0.307. The van der Waals surface area contributed by atoms with E-state index in [1.807, 2.05) is 0 Å². The van der Waals surface area contributed by atoms with E-state index in [9.17, 15) is 0 Å². The number of ether oxygens (including phenoxy) is 1. The first-order valence-electron chi connectivity index (χ1n) is 21.0. The molecule has 1 aromatic carbocycles. The van der Waals surface area contributed by atoms with Crippen molar-refractivity contribution in [3.63, 3.8) is 0 Å². The molecule has 0 aliphatic carbocycles. The number of nitrogens with one attached hydrogen (secondary N) is 7. The summed E-state index contributed by atoms with van der Waals surface area (Å²) in [4.78, 5) is 0. The van der Waals surface area contributed by atoms with Gasteiger partial charge in [-0.2, -0.15) is 0 Å². The summed E-state index contributed by atoms with van der Waals surface area (Å²) in [5, 5.41) is 25.3. The van der Waals surface area contributed by atoms with Crippen molar-refractivity contribution in [2.24, 2.45) is 0 Å². The first kappa shape index (κ1) is 45.8. The Labute approximate surface area is 304 Å². The predicted octanol–water partition coefficient (Wildman–Crippen LogP) is 6.88. The molecule has 0 unspecified atom stereocenters. The van der Waals surface area contributed by atoms with E-state index in [1.54, 1.807) is 0 Å². The molecule has 49 heavy (non-hydrogen) atoms. The van der Waals surface area contributed by atoms with Gasteiger partial charge in [0, 0.05) is 13.1 Å². The summed E-state index contributed by atoms with van der Waals surface area (Å²) in [5.74, 6) is 1.00. The molecule has 288 valence electrons. The largest absolute Gasteiger partial charge is 0.494 e. The third kappa shape index (κ3) is 32.4. The van der Waals surface area contributed by atoms with Crippen molar-refractivity contribution in [3.8, 4) is 5.75 Å². The van der Waals surface area contributed by atoms with Gasteiger partial charge in [0.25, 0.3) is 0 Å². The summed E-state index contributed by atoms with van der Waals surface area (Å²) in [6.07, 6.45) is 21.7. The highest BCUT2D eigenvalue weighted by Crippen LogP contribution is 2.18. The van der Waals surface area contributed by atoms with Crippen LogP contribution >= 0.6 is 0 Å². The second-order valence-corrected chi connectivity index (χ2v) is 13.9. The maximum atomic E-state index is 6.25. The minimum atomic E-state index is 0.756. The lowest BCUT2D eigenvalue weighted by Gasteiger charge is -2.13. The zero-order valence-corrected chi connectivity index (χ0v) is 32.8. The van der Waals surface area contributed by atoms with E-state index < -0.39 is 0 Å². The Bertz CT molecular complexity index is 747. The molecule has 0 aromatic heterocycles. The Morgan fingerprint density at radius 3 is 1.04 bits per heavy atom. The van der Waals surface area contributed by atoms with Crippen LogP contribution in [0.25, 0.3) is 0 Å². The summed E-state index contributed by atoms with van der Waals surface area (Å²) in [6.45, 7) is 22.4. The summed E-state index contributed by atoms with van der Waals surface area (Å²) < 4.78 is 6.25. The summed E-state index contributed by atoms with van der Waals surface area (Å²) in [6, 6.07) is 6.80. The van der Waals surface area contributed by atoms with Gasteiger partial charge in [-0.15, -0.1) is 0 Å². The normalized spacial score (nSPS) is 11.5. The molecule has 0 radical (unpaired) electrons. The molecule has 0 saturated carbocycles. The summed E-state index contributed by atoms with van der Waals surface area (Å²) >= 11 is 0. The minimum absolute atomic E-state index is 0.756. The SMILES string of the molecule is CCCCCCNCCCNCCCNCc1cc(CNCCCNCCCNCCCCCC)cc(OCCCNCCCCCC)c1. The van der Waals surface area contributed by atoms with E-state index in [0.717, 1.165) is 110 Å². The monoisotopic (exact) mass is 690 g/mol. The maximum absolute atomic E-state index is 6.25. The van der Waals surface area contributed by atoms with Crippen LogP contribution in [-0.2, 0) is 13.1 Å². The fourth-order valence-corrected chi connectivity index (χ4v) is 5.88. The van der Waals surface area contributed by atoms with Gasteiger partial charge in [0.1, 0.15) is 5.75 Å². The molecule has 0 fully saturated rings. The smallest absolute Gasteiger partial charge is 0.119 e. The van der Waals surface area contributed by atoms with E-state index >= 15 is 0 Å². The van der Waals surface area contributed by atoms with Crippen LogP contribution in [0.4, 0.5) is 0 Å². The van der Waals surface area contributed by atoms with E-state index in [0.29, 0.717) is 0 Å². The Hall–Kier alpha value is -1.26. The summed E-state index contributed by atoms with van der Waals surface area (Å²) in [5.41, 5.74) is 2.61. The Morgan fingerprint density at radius 1 is 0.347 bits per heavy atom. The van der Waals surface area contributed by atoms with Crippen LogP contribution in [0, 0.1) is 0 Å². The highest BCUT2D eigenvalue weighted by atomic mass is 16.5. The first-order chi connectivity index (χ1) is 24.3. The standard InChI is InChI=1S/C41H83N7O/c1-4-7-10-13-21-42-24-16-26-45-28-18-30-47-37-39-34-40(36-41(35-39)49-33-20-32-44-23-15-12-9-6-3)38-48-31-19-29-46-27-17-25-43-22-14-11-8-5-2/h34-36,42-48H,4-33,37-38H2,1-3H3. The zero-order valence-electron chi connectivity index (χ0n) is 32.8. The third-order valence-corrected chi connectivity index (χ3v) is 8.90. The molecule has 1 rings (SSSR count). The number of benzene rings is 1. The Kier molecular flexibility index (Phi) is 35.5. The molecule has 0 aliphatic rings. The Morgan fingerprint density at radius 2 is 0.673 bits per heavy atom. The van der Waals surface area contributed by atoms with Crippen LogP contribution < -0.4 is 42.0 Å². The quantitative estimate of drug-likeness (QED) is 0.0375. The molecule has 0 bridgehead atoms. The van der Waals surface area contributed by atoms with Gasteiger partial charge in [0.05, 0.1) is 6.61 Å². The molecular formula is C41H83N7O. The lowest BCUT2D eigenvalue weighted by atomic mass is 10.1. The van der Waals surface area contributed by atoms with Crippen LogP contribution in [0.15, 0.2) is 18.2 Å². The number of hydrogen-bond donors (Lipinski definition) is 7. The molecule has 0 atom stereocenters. The third-order valence-electron chi connectivity index (χ3n) is 8.90. The summed E-state index contributed by atoms with van der Waals surface area (Å²) in [7, 11) is 0. The average molecular weight is 690 g/mol. The van der Waals surface area contributed by atoms with Crippen molar-refractivity contribution in [1.29, 1.82) is 0 Å². The van der Waals surface area contributed by atoms with E-state index in [-0.39, 0.29) is 0 Å². The van der Waals surface area contributed by atoms with Gasteiger partial charge in [-0.25, -0.2) is 0 Å². The van der Waals surface area contributed by atoms with Gasteiger partial charge in [-0.1, -0.05) is 84.6 Å². The number of rotatable bonds is 40. The van der Waals surface area contributed by atoms with Gasteiger partial charge in [0.2, 0.25) is 0 Å². The fourth-order valence-electron chi connectivity index (χ4n) is 5.88. The van der Waals surface area contributed by atoms with Gasteiger partial charge in [-0.3, -0.25) is 0 Å². The van der Waals surface area contributed by atoms with Gasteiger partial charge in [-0.05, 0) is 153 Å². The second kappa shape index (κ2) is 38.0. The topological polar surface area (TPSA) is 93.4 Å². The average Bonchev–Trinajstić information content (AvgIpc) is 3.11. The highest BCUT2D eigenvalue weighted by Gasteiger charge is 2.04. The molecule has 0 amide bonds.